The summed E-state index contributed by atoms with van der Waals surface area (Å²) in [6.45, 7) is 4.35. The molecule has 0 aromatic heterocycles. The molecule has 0 unspecified atom stereocenters. The highest BCUT2D eigenvalue weighted by molar-refractivity contribution is 7.93. The molecular formula is C11H16N2O2S. The highest BCUT2D eigenvalue weighted by atomic mass is 32.2. The van der Waals surface area contributed by atoms with Crippen molar-refractivity contribution in [3.05, 3.63) is 23.3 Å². The maximum absolute atomic E-state index is 11.8. The van der Waals surface area contributed by atoms with Crippen molar-refractivity contribution in [2.75, 3.05) is 22.3 Å². The second-order valence-electron chi connectivity index (χ2n) is 4.24. The Kier molecular flexibility index (Phi) is 2.58. The molecule has 0 amide bonds. The van der Waals surface area contributed by atoms with Gasteiger partial charge in [0, 0.05) is 12.2 Å². The lowest BCUT2D eigenvalue weighted by atomic mass is 10.1. The fraction of sp³-hybridized carbons (Fsp3) is 0.455. The van der Waals surface area contributed by atoms with E-state index in [9.17, 15) is 8.42 Å². The SMILES string of the molecule is Cc1cc(N2CCCS2(=O)=O)c(C)cc1N. The number of hydrogen-bond donors (Lipinski definition) is 1. The van der Waals surface area contributed by atoms with Crippen molar-refractivity contribution in [3.8, 4) is 0 Å². The summed E-state index contributed by atoms with van der Waals surface area (Å²) in [5.74, 6) is 0.246. The van der Waals surface area contributed by atoms with Gasteiger partial charge in [-0.05, 0) is 43.5 Å². The van der Waals surface area contributed by atoms with Gasteiger partial charge in [0.25, 0.3) is 0 Å². The van der Waals surface area contributed by atoms with Gasteiger partial charge in [-0.1, -0.05) is 0 Å². The van der Waals surface area contributed by atoms with Crippen LogP contribution in [0.25, 0.3) is 0 Å². The number of nitrogen functional groups attached to an aromatic ring is 1. The number of benzene rings is 1. The minimum atomic E-state index is -3.10. The van der Waals surface area contributed by atoms with Crippen LogP contribution in [0, 0.1) is 13.8 Å². The minimum absolute atomic E-state index is 0.246. The number of nitrogens with zero attached hydrogens (tertiary/aromatic N) is 1. The Hall–Kier alpha value is -1.23. The summed E-state index contributed by atoms with van der Waals surface area (Å²) >= 11 is 0. The fourth-order valence-electron chi connectivity index (χ4n) is 2.00. The molecule has 1 fully saturated rings. The molecule has 1 saturated heterocycles. The van der Waals surface area contributed by atoms with Gasteiger partial charge in [0.05, 0.1) is 11.4 Å². The highest BCUT2D eigenvalue weighted by Crippen LogP contribution is 2.30. The first-order valence-electron chi connectivity index (χ1n) is 5.29. The van der Waals surface area contributed by atoms with Gasteiger partial charge in [0.2, 0.25) is 10.0 Å². The van der Waals surface area contributed by atoms with Gasteiger partial charge in [0.1, 0.15) is 0 Å². The summed E-state index contributed by atoms with van der Waals surface area (Å²) in [6, 6.07) is 3.69. The normalized spacial score (nSPS) is 19.0. The molecule has 16 heavy (non-hydrogen) atoms. The minimum Gasteiger partial charge on any atom is -0.399 e. The lowest BCUT2D eigenvalue weighted by Crippen LogP contribution is -2.26. The molecule has 1 aliphatic heterocycles. The maximum Gasteiger partial charge on any atom is 0.235 e. The van der Waals surface area contributed by atoms with E-state index in [1.807, 2.05) is 26.0 Å². The molecule has 1 heterocycles. The van der Waals surface area contributed by atoms with Gasteiger partial charge in [-0.25, -0.2) is 8.42 Å². The van der Waals surface area contributed by atoms with Crippen LogP contribution < -0.4 is 10.0 Å². The average molecular weight is 240 g/mol. The summed E-state index contributed by atoms with van der Waals surface area (Å²) < 4.78 is 25.1. The van der Waals surface area contributed by atoms with E-state index >= 15 is 0 Å². The molecule has 5 heteroatoms. The largest absolute Gasteiger partial charge is 0.399 e. The predicted molar refractivity (Wildman–Crippen MR) is 66.1 cm³/mol. The Morgan fingerprint density at radius 3 is 2.50 bits per heavy atom. The van der Waals surface area contributed by atoms with Crippen LogP contribution in [0.2, 0.25) is 0 Å². The first kappa shape index (κ1) is 11.3. The third kappa shape index (κ3) is 1.75. The first-order chi connectivity index (χ1) is 7.42. The molecule has 0 saturated carbocycles. The van der Waals surface area contributed by atoms with Gasteiger partial charge in [0.15, 0.2) is 0 Å². The first-order valence-corrected chi connectivity index (χ1v) is 6.90. The Bertz CT molecular complexity index is 523. The number of aryl methyl sites for hydroxylation is 2. The molecular weight excluding hydrogens is 224 g/mol. The van der Waals surface area contributed by atoms with Crippen LogP contribution in [0.4, 0.5) is 11.4 Å². The topological polar surface area (TPSA) is 63.4 Å². The van der Waals surface area contributed by atoms with Gasteiger partial charge in [-0.2, -0.15) is 0 Å². The molecule has 88 valence electrons. The van der Waals surface area contributed by atoms with E-state index in [2.05, 4.69) is 0 Å². The third-order valence-corrected chi connectivity index (χ3v) is 4.81. The highest BCUT2D eigenvalue weighted by Gasteiger charge is 2.29. The van der Waals surface area contributed by atoms with E-state index in [1.54, 1.807) is 0 Å². The van der Waals surface area contributed by atoms with Crippen molar-refractivity contribution >= 4 is 21.4 Å². The van der Waals surface area contributed by atoms with Crippen LogP contribution in [0.15, 0.2) is 12.1 Å². The van der Waals surface area contributed by atoms with Crippen LogP contribution in [0.3, 0.4) is 0 Å². The third-order valence-electron chi connectivity index (χ3n) is 2.95. The van der Waals surface area contributed by atoms with Gasteiger partial charge in [-0.3, -0.25) is 4.31 Å². The molecule has 1 aromatic carbocycles. The second-order valence-corrected chi connectivity index (χ2v) is 6.25. The average Bonchev–Trinajstić information content (AvgIpc) is 2.52. The molecule has 0 atom stereocenters. The van der Waals surface area contributed by atoms with E-state index in [0.29, 0.717) is 18.7 Å². The maximum atomic E-state index is 11.8. The van der Waals surface area contributed by atoms with Crippen molar-refractivity contribution in [2.45, 2.75) is 20.3 Å². The van der Waals surface area contributed by atoms with Crippen molar-refractivity contribution in [1.82, 2.24) is 0 Å². The molecule has 4 nitrogen and oxygen atoms in total. The molecule has 0 bridgehead atoms. The smallest absolute Gasteiger partial charge is 0.235 e. The summed E-state index contributed by atoms with van der Waals surface area (Å²) in [5.41, 5.74) is 9.09. The number of sulfonamides is 1. The Morgan fingerprint density at radius 2 is 1.94 bits per heavy atom. The van der Waals surface area contributed by atoms with E-state index < -0.39 is 10.0 Å². The monoisotopic (exact) mass is 240 g/mol. The zero-order chi connectivity index (χ0) is 11.9. The van der Waals surface area contributed by atoms with E-state index in [0.717, 1.165) is 16.8 Å². The number of anilines is 2. The van der Waals surface area contributed by atoms with Crippen LogP contribution in [0.5, 0.6) is 0 Å². The number of nitrogens with two attached hydrogens (primary N) is 1. The van der Waals surface area contributed by atoms with Crippen LogP contribution in [0.1, 0.15) is 17.5 Å². The summed E-state index contributed by atoms with van der Waals surface area (Å²) in [4.78, 5) is 0. The Balaban J connectivity index is 2.53. The van der Waals surface area contributed by atoms with E-state index in [-0.39, 0.29) is 5.75 Å². The molecule has 1 aromatic rings. The number of hydrogen-bond acceptors (Lipinski definition) is 3. The lowest BCUT2D eigenvalue weighted by Gasteiger charge is -2.20. The predicted octanol–water partition coefficient (Wildman–Crippen LogP) is 1.43. The van der Waals surface area contributed by atoms with Crippen molar-refractivity contribution < 1.29 is 8.42 Å². The van der Waals surface area contributed by atoms with E-state index in [4.69, 9.17) is 5.73 Å². The van der Waals surface area contributed by atoms with Crippen molar-refractivity contribution in [2.24, 2.45) is 0 Å². The summed E-state index contributed by atoms with van der Waals surface area (Å²) in [7, 11) is -3.10. The number of rotatable bonds is 1. The quantitative estimate of drug-likeness (QED) is 0.755. The molecule has 2 rings (SSSR count). The zero-order valence-electron chi connectivity index (χ0n) is 9.53. The molecule has 0 aliphatic carbocycles. The van der Waals surface area contributed by atoms with Gasteiger partial charge >= 0.3 is 0 Å². The molecule has 0 radical (unpaired) electrons. The van der Waals surface area contributed by atoms with Crippen LogP contribution in [-0.2, 0) is 10.0 Å². The van der Waals surface area contributed by atoms with E-state index in [1.165, 1.54) is 4.31 Å². The fourth-order valence-corrected chi connectivity index (χ4v) is 3.62. The molecule has 2 N–H and O–H groups in total. The molecule has 0 spiro atoms. The van der Waals surface area contributed by atoms with Gasteiger partial charge < -0.3 is 5.73 Å². The standard InChI is InChI=1S/C11H16N2O2S/c1-8-7-11(9(2)6-10(8)12)13-4-3-5-16(13,14)15/h6-7H,3-5,12H2,1-2H3. The second kappa shape index (κ2) is 3.66. The van der Waals surface area contributed by atoms with Gasteiger partial charge in [-0.15, -0.1) is 0 Å². The van der Waals surface area contributed by atoms with Crippen molar-refractivity contribution in [1.29, 1.82) is 0 Å². The summed E-state index contributed by atoms with van der Waals surface area (Å²) in [5, 5.41) is 0. The van der Waals surface area contributed by atoms with Crippen LogP contribution in [-0.4, -0.2) is 20.7 Å². The molecule has 1 aliphatic rings. The summed E-state index contributed by atoms with van der Waals surface area (Å²) in [6.07, 6.45) is 0.700. The van der Waals surface area contributed by atoms with Crippen molar-refractivity contribution in [3.63, 3.8) is 0 Å². The zero-order valence-corrected chi connectivity index (χ0v) is 10.3. The Morgan fingerprint density at radius 1 is 1.25 bits per heavy atom. The lowest BCUT2D eigenvalue weighted by molar-refractivity contribution is 0.599. The van der Waals surface area contributed by atoms with Crippen LogP contribution >= 0.6 is 0 Å². The Labute approximate surface area is 96.1 Å².